The van der Waals surface area contributed by atoms with Gasteiger partial charge in [-0.3, -0.25) is 0 Å². The van der Waals surface area contributed by atoms with Crippen molar-refractivity contribution in [2.75, 3.05) is 17.6 Å². The van der Waals surface area contributed by atoms with Crippen LogP contribution in [-0.4, -0.2) is 22.5 Å². The Morgan fingerprint density at radius 1 is 1.54 bits per heavy atom. The van der Waals surface area contributed by atoms with Crippen molar-refractivity contribution < 1.29 is 0 Å². The Balaban J connectivity index is 2.24. The molecule has 0 bridgehead atoms. The van der Waals surface area contributed by atoms with Crippen molar-refractivity contribution in [3.05, 3.63) is 17.3 Å². The molecule has 1 aliphatic heterocycles. The minimum atomic E-state index is 0.903. The highest BCUT2D eigenvalue weighted by atomic mass is 32.2. The van der Waals surface area contributed by atoms with Crippen LogP contribution in [0.25, 0.3) is 0 Å². The number of thioether (sulfide) groups is 1. The topological polar surface area (TPSA) is 37.8 Å². The van der Waals surface area contributed by atoms with Crippen LogP contribution in [-0.2, 0) is 12.2 Å². The van der Waals surface area contributed by atoms with E-state index in [1.807, 2.05) is 11.8 Å². The molecule has 0 amide bonds. The third-order valence-corrected chi connectivity index (χ3v) is 3.07. The normalized spacial score (nSPS) is 15.2. The van der Waals surface area contributed by atoms with Crippen LogP contribution in [0.1, 0.15) is 18.2 Å². The zero-order chi connectivity index (χ0) is 9.10. The summed E-state index contributed by atoms with van der Waals surface area (Å²) in [6, 6.07) is 2.12. The largest absolute Gasteiger partial charge is 0.369 e. The maximum absolute atomic E-state index is 4.21. The molecular formula is C9H13N3S. The zero-order valence-electron chi connectivity index (χ0n) is 7.71. The molecule has 2 rings (SSSR count). The van der Waals surface area contributed by atoms with Crippen LogP contribution in [0.2, 0.25) is 0 Å². The second-order valence-electron chi connectivity index (χ2n) is 3.03. The summed E-state index contributed by atoms with van der Waals surface area (Å²) in [6.07, 6.45) is 1.07. The number of rotatable bonds is 2. The molecule has 1 aromatic rings. The van der Waals surface area contributed by atoms with E-state index >= 15 is 0 Å². The molecule has 0 unspecified atom stereocenters. The fraction of sp³-hybridized carbons (Fsp3) is 0.556. The molecule has 0 saturated carbocycles. The Morgan fingerprint density at radius 2 is 2.46 bits per heavy atom. The predicted octanol–water partition coefficient (Wildman–Crippen LogP) is 1.70. The lowest BCUT2D eigenvalue weighted by molar-refractivity contribution is 0.889. The smallest absolute Gasteiger partial charge is 0.148 e. The molecule has 13 heavy (non-hydrogen) atoms. The van der Waals surface area contributed by atoms with Gasteiger partial charge in [0.2, 0.25) is 0 Å². The van der Waals surface area contributed by atoms with Gasteiger partial charge in [-0.15, -0.1) is 5.10 Å². The molecule has 0 aliphatic carbocycles. The van der Waals surface area contributed by atoms with Crippen LogP contribution in [0.4, 0.5) is 5.82 Å². The molecule has 0 spiro atoms. The van der Waals surface area contributed by atoms with Crippen molar-refractivity contribution in [3.8, 4) is 0 Å². The van der Waals surface area contributed by atoms with Gasteiger partial charge in [0.1, 0.15) is 5.82 Å². The molecule has 1 N–H and O–H groups in total. The van der Waals surface area contributed by atoms with Crippen molar-refractivity contribution in [2.24, 2.45) is 0 Å². The lowest BCUT2D eigenvalue weighted by atomic mass is 10.2. The van der Waals surface area contributed by atoms with E-state index < -0.39 is 0 Å². The number of hydrogen-bond donors (Lipinski definition) is 1. The quantitative estimate of drug-likeness (QED) is 0.779. The summed E-state index contributed by atoms with van der Waals surface area (Å²) in [5.74, 6) is 3.18. The van der Waals surface area contributed by atoms with E-state index in [-0.39, 0.29) is 0 Å². The predicted molar refractivity (Wildman–Crippen MR) is 56.1 cm³/mol. The highest BCUT2D eigenvalue weighted by Gasteiger charge is 2.11. The lowest BCUT2D eigenvalue weighted by Crippen LogP contribution is -2.09. The Morgan fingerprint density at radius 3 is 3.31 bits per heavy atom. The van der Waals surface area contributed by atoms with Crippen molar-refractivity contribution in [3.63, 3.8) is 0 Å². The highest BCUT2D eigenvalue weighted by molar-refractivity contribution is 7.98. The van der Waals surface area contributed by atoms with Gasteiger partial charge in [0.25, 0.3) is 0 Å². The number of aromatic nitrogens is 2. The maximum Gasteiger partial charge on any atom is 0.148 e. The van der Waals surface area contributed by atoms with Gasteiger partial charge in [-0.2, -0.15) is 16.9 Å². The van der Waals surface area contributed by atoms with Gasteiger partial charge in [-0.05, 0) is 24.3 Å². The standard InChI is InChI=1S/C9H13N3S/c1-2-10-9-5-7-6-13-4-3-8(7)11-12-9/h5H,2-4,6H2,1H3,(H,10,12). The zero-order valence-corrected chi connectivity index (χ0v) is 8.52. The molecule has 0 atom stereocenters. The van der Waals surface area contributed by atoms with Gasteiger partial charge in [-0.25, -0.2) is 0 Å². The molecule has 0 saturated heterocycles. The van der Waals surface area contributed by atoms with Gasteiger partial charge >= 0.3 is 0 Å². The highest BCUT2D eigenvalue weighted by Crippen LogP contribution is 2.23. The fourth-order valence-corrected chi connectivity index (χ4v) is 2.36. The van der Waals surface area contributed by atoms with Gasteiger partial charge in [-0.1, -0.05) is 0 Å². The monoisotopic (exact) mass is 195 g/mol. The average Bonchev–Trinajstić information content (AvgIpc) is 2.18. The summed E-state index contributed by atoms with van der Waals surface area (Å²) in [5.41, 5.74) is 2.53. The summed E-state index contributed by atoms with van der Waals surface area (Å²) >= 11 is 1.97. The van der Waals surface area contributed by atoms with Crippen LogP contribution < -0.4 is 5.32 Å². The third-order valence-electron chi connectivity index (χ3n) is 2.06. The van der Waals surface area contributed by atoms with Crippen LogP contribution in [0, 0.1) is 0 Å². The summed E-state index contributed by atoms with van der Waals surface area (Å²) in [7, 11) is 0. The van der Waals surface area contributed by atoms with Gasteiger partial charge in [0.05, 0.1) is 5.69 Å². The fourth-order valence-electron chi connectivity index (χ4n) is 1.41. The van der Waals surface area contributed by atoms with Crippen molar-refractivity contribution in [2.45, 2.75) is 19.1 Å². The second-order valence-corrected chi connectivity index (χ2v) is 4.14. The molecular weight excluding hydrogens is 182 g/mol. The number of nitrogens with zero attached hydrogens (tertiary/aromatic N) is 2. The van der Waals surface area contributed by atoms with Gasteiger partial charge in [0.15, 0.2) is 0 Å². The SMILES string of the molecule is CCNc1cc2c(nn1)CCSC2. The van der Waals surface area contributed by atoms with E-state index in [1.54, 1.807) is 0 Å². The summed E-state index contributed by atoms with van der Waals surface area (Å²) in [4.78, 5) is 0. The molecule has 0 fully saturated rings. The van der Waals surface area contributed by atoms with Crippen LogP contribution in [0.5, 0.6) is 0 Å². The number of anilines is 1. The van der Waals surface area contributed by atoms with E-state index in [9.17, 15) is 0 Å². The number of hydrogen-bond acceptors (Lipinski definition) is 4. The summed E-state index contributed by atoms with van der Waals surface area (Å²) < 4.78 is 0. The number of fused-ring (bicyclic) bond motifs is 1. The minimum absolute atomic E-state index is 0.903. The molecule has 2 heterocycles. The minimum Gasteiger partial charge on any atom is -0.369 e. The van der Waals surface area contributed by atoms with Crippen LogP contribution in [0.3, 0.4) is 0 Å². The molecule has 3 nitrogen and oxygen atoms in total. The third kappa shape index (κ3) is 1.94. The van der Waals surface area contributed by atoms with Crippen LogP contribution in [0.15, 0.2) is 6.07 Å². The first kappa shape index (κ1) is 8.81. The molecule has 70 valence electrons. The molecule has 0 radical (unpaired) electrons. The Labute approximate surface area is 82.3 Å². The summed E-state index contributed by atoms with van der Waals surface area (Å²) in [5, 5.41) is 11.5. The van der Waals surface area contributed by atoms with E-state index in [0.717, 1.165) is 24.5 Å². The van der Waals surface area contributed by atoms with Crippen molar-refractivity contribution >= 4 is 17.6 Å². The van der Waals surface area contributed by atoms with E-state index in [2.05, 4.69) is 28.5 Å². The summed E-state index contributed by atoms with van der Waals surface area (Å²) in [6.45, 7) is 2.97. The van der Waals surface area contributed by atoms with Crippen molar-refractivity contribution in [1.82, 2.24) is 10.2 Å². The average molecular weight is 195 g/mol. The lowest BCUT2D eigenvalue weighted by Gasteiger charge is -2.14. The molecule has 4 heteroatoms. The first-order valence-corrected chi connectivity index (χ1v) is 5.72. The van der Waals surface area contributed by atoms with Crippen LogP contribution >= 0.6 is 11.8 Å². The first-order chi connectivity index (χ1) is 6.40. The molecule has 1 aromatic heterocycles. The van der Waals surface area contributed by atoms with E-state index in [0.29, 0.717) is 0 Å². The van der Waals surface area contributed by atoms with E-state index in [1.165, 1.54) is 17.0 Å². The molecule has 0 aromatic carbocycles. The van der Waals surface area contributed by atoms with Gasteiger partial charge in [0, 0.05) is 18.7 Å². The van der Waals surface area contributed by atoms with E-state index in [4.69, 9.17) is 0 Å². The number of aryl methyl sites for hydroxylation is 1. The second kappa shape index (κ2) is 3.96. The molecule has 1 aliphatic rings. The van der Waals surface area contributed by atoms with Gasteiger partial charge < -0.3 is 5.32 Å². The maximum atomic E-state index is 4.21. The Bertz CT molecular complexity index is 301. The number of nitrogens with one attached hydrogen (secondary N) is 1. The Hall–Kier alpha value is -0.770. The first-order valence-electron chi connectivity index (χ1n) is 4.57. The Kier molecular flexibility index (Phi) is 2.68. The van der Waals surface area contributed by atoms with Crippen molar-refractivity contribution in [1.29, 1.82) is 0 Å².